The van der Waals surface area contributed by atoms with Crippen molar-refractivity contribution in [3.63, 3.8) is 0 Å². The maximum atomic E-state index is 13.6. The van der Waals surface area contributed by atoms with E-state index in [2.05, 4.69) is 25.3 Å². The second-order valence-electron chi connectivity index (χ2n) is 7.41. The molecule has 0 aliphatic heterocycles. The first-order valence-corrected chi connectivity index (χ1v) is 11.6. The fraction of sp³-hybridized carbons (Fsp3) is 0.160. The molecule has 3 N–H and O–H groups in total. The number of halogens is 4. The maximum absolute atomic E-state index is 13.6. The average molecular weight is 563 g/mol. The van der Waals surface area contributed by atoms with Crippen molar-refractivity contribution in [3.05, 3.63) is 95.3 Å². The summed E-state index contributed by atoms with van der Waals surface area (Å²) in [5.41, 5.74) is 6.73. The predicted octanol–water partition coefficient (Wildman–Crippen LogP) is 4.98. The highest BCUT2D eigenvalue weighted by molar-refractivity contribution is 7.80. The molecule has 0 atom stereocenters. The monoisotopic (exact) mass is 562 g/mol. The highest BCUT2D eigenvalue weighted by Gasteiger charge is 2.10. The molecule has 2 heterocycles. The van der Waals surface area contributed by atoms with Gasteiger partial charge in [0.1, 0.15) is 24.8 Å². The minimum Gasteiger partial charge on any atom is -0.471 e. The Kier molecular flexibility index (Phi) is 10.7. The first-order valence-electron chi connectivity index (χ1n) is 11.2. The summed E-state index contributed by atoms with van der Waals surface area (Å²) >= 11 is 4.85. The first kappa shape index (κ1) is 29.0. The van der Waals surface area contributed by atoms with Crippen LogP contribution < -0.4 is 20.5 Å². The van der Waals surface area contributed by atoms with E-state index in [4.69, 9.17) is 32.2 Å². The van der Waals surface area contributed by atoms with Crippen LogP contribution in [0.25, 0.3) is 0 Å². The quantitative estimate of drug-likeness (QED) is 0.225. The van der Waals surface area contributed by atoms with Gasteiger partial charge in [0.15, 0.2) is 23.3 Å². The molecule has 0 amide bonds. The number of hydrogen-bond acceptors (Lipinski definition) is 9. The van der Waals surface area contributed by atoms with E-state index in [1.807, 2.05) is 0 Å². The normalized spacial score (nSPS) is 10.2. The van der Waals surface area contributed by atoms with Crippen LogP contribution in [0.4, 0.5) is 29.2 Å². The number of thiocarbonyl (C=S) groups is 1. The van der Waals surface area contributed by atoms with Crippen LogP contribution in [0.3, 0.4) is 0 Å². The zero-order chi connectivity index (χ0) is 28.2. The first-order chi connectivity index (χ1) is 18.7. The van der Waals surface area contributed by atoms with Crippen molar-refractivity contribution in [2.75, 3.05) is 17.7 Å². The van der Waals surface area contributed by atoms with E-state index in [0.717, 1.165) is 23.5 Å². The Morgan fingerprint density at radius 2 is 1.28 bits per heavy atom. The van der Waals surface area contributed by atoms with E-state index >= 15 is 0 Å². The summed E-state index contributed by atoms with van der Waals surface area (Å²) in [4.78, 5) is 14.8. The predicted molar refractivity (Wildman–Crippen MR) is 138 cm³/mol. The lowest BCUT2D eigenvalue weighted by molar-refractivity contribution is 0.279. The molecule has 0 saturated heterocycles. The van der Waals surface area contributed by atoms with Crippen LogP contribution in [-0.4, -0.2) is 31.7 Å². The molecule has 4 rings (SSSR count). The fourth-order valence-electron chi connectivity index (χ4n) is 2.66. The van der Waals surface area contributed by atoms with Gasteiger partial charge >= 0.3 is 12.0 Å². The Morgan fingerprint density at radius 1 is 0.795 bits per heavy atom. The number of nitrogen functional groups attached to an aromatic ring is 1. The summed E-state index contributed by atoms with van der Waals surface area (Å²) in [6, 6.07) is 11.5. The Labute approximate surface area is 226 Å². The third-order valence-electron chi connectivity index (χ3n) is 4.53. The second-order valence-corrected chi connectivity index (χ2v) is 7.78. The number of anilines is 2. The Balaban J connectivity index is 0.000000223. The van der Waals surface area contributed by atoms with Crippen LogP contribution in [0.5, 0.6) is 12.0 Å². The van der Waals surface area contributed by atoms with Crippen molar-refractivity contribution in [2.24, 2.45) is 0 Å². The Morgan fingerprint density at radius 3 is 1.77 bits per heavy atom. The van der Waals surface area contributed by atoms with E-state index in [9.17, 15) is 17.6 Å². The number of rotatable bonds is 8. The number of aromatic nitrogens is 4. The summed E-state index contributed by atoms with van der Waals surface area (Å²) in [6.45, 7) is 2.39. The molecule has 0 saturated carbocycles. The molecule has 0 spiro atoms. The molecule has 0 radical (unpaired) electrons. The molecular formula is C25H22F4N6O3S. The SMILES string of the molecule is CCOC(=S)Nc1nc(OCc2ccc(F)cc2)ncc1F.Nc1nc(OCc2ccc(F)cc2)ncc1F. The van der Waals surface area contributed by atoms with Gasteiger partial charge in [-0.1, -0.05) is 24.3 Å². The van der Waals surface area contributed by atoms with Gasteiger partial charge in [0.05, 0.1) is 19.0 Å². The minimum absolute atomic E-state index is 0.00424. The van der Waals surface area contributed by atoms with E-state index in [1.54, 1.807) is 31.2 Å². The highest BCUT2D eigenvalue weighted by atomic mass is 32.1. The molecule has 0 bridgehead atoms. The van der Waals surface area contributed by atoms with Crippen LogP contribution in [0.1, 0.15) is 18.1 Å². The zero-order valence-electron chi connectivity index (χ0n) is 20.4. The molecule has 2 aromatic heterocycles. The van der Waals surface area contributed by atoms with E-state index < -0.39 is 11.6 Å². The second kappa shape index (κ2) is 14.4. The van der Waals surface area contributed by atoms with Crippen molar-refractivity contribution in [1.29, 1.82) is 0 Å². The van der Waals surface area contributed by atoms with E-state index in [-0.39, 0.29) is 53.7 Å². The molecule has 0 aliphatic rings. The Bertz CT molecular complexity index is 1380. The minimum atomic E-state index is -0.695. The van der Waals surface area contributed by atoms with Crippen LogP contribution >= 0.6 is 12.2 Å². The fourth-order valence-corrected chi connectivity index (χ4v) is 2.88. The van der Waals surface area contributed by atoms with Gasteiger partial charge in [-0.15, -0.1) is 0 Å². The topological polar surface area (TPSA) is 117 Å². The molecule has 39 heavy (non-hydrogen) atoms. The van der Waals surface area contributed by atoms with Crippen LogP contribution in [0.2, 0.25) is 0 Å². The highest BCUT2D eigenvalue weighted by Crippen LogP contribution is 2.15. The number of nitrogens with one attached hydrogen (secondary N) is 1. The lowest BCUT2D eigenvalue weighted by Gasteiger charge is -2.09. The van der Waals surface area contributed by atoms with E-state index in [0.29, 0.717) is 6.61 Å². The summed E-state index contributed by atoms with van der Waals surface area (Å²) in [7, 11) is 0. The van der Waals surface area contributed by atoms with Gasteiger partial charge in [-0.3, -0.25) is 5.32 Å². The van der Waals surface area contributed by atoms with Crippen molar-refractivity contribution in [2.45, 2.75) is 20.1 Å². The molecule has 2 aromatic carbocycles. The van der Waals surface area contributed by atoms with Crippen molar-refractivity contribution in [3.8, 4) is 12.0 Å². The Hall–Kier alpha value is -4.59. The van der Waals surface area contributed by atoms with Gasteiger partial charge in [-0.25, -0.2) is 27.5 Å². The third-order valence-corrected chi connectivity index (χ3v) is 4.75. The lowest BCUT2D eigenvalue weighted by Crippen LogP contribution is -2.15. The van der Waals surface area contributed by atoms with Crippen LogP contribution in [0, 0.1) is 23.3 Å². The van der Waals surface area contributed by atoms with E-state index in [1.165, 1.54) is 24.3 Å². The van der Waals surface area contributed by atoms with Crippen molar-refractivity contribution in [1.82, 2.24) is 19.9 Å². The number of hydrogen-bond donors (Lipinski definition) is 2. The van der Waals surface area contributed by atoms with Crippen LogP contribution in [-0.2, 0) is 18.0 Å². The largest absolute Gasteiger partial charge is 0.471 e. The molecule has 0 fully saturated rings. The smallest absolute Gasteiger partial charge is 0.318 e. The number of benzene rings is 2. The summed E-state index contributed by atoms with van der Waals surface area (Å²) in [5, 5.41) is 2.51. The summed E-state index contributed by atoms with van der Waals surface area (Å²) in [5.74, 6) is -2.44. The average Bonchev–Trinajstić information content (AvgIpc) is 2.92. The molecule has 14 heteroatoms. The number of ether oxygens (including phenoxy) is 3. The van der Waals surface area contributed by atoms with Gasteiger partial charge < -0.3 is 19.9 Å². The molecule has 4 aromatic rings. The van der Waals surface area contributed by atoms with Gasteiger partial charge in [-0.05, 0) is 54.5 Å². The maximum Gasteiger partial charge on any atom is 0.318 e. The molecule has 9 nitrogen and oxygen atoms in total. The lowest BCUT2D eigenvalue weighted by atomic mass is 10.2. The third kappa shape index (κ3) is 9.66. The molecule has 0 aliphatic carbocycles. The number of nitrogens with zero attached hydrogens (tertiary/aromatic N) is 4. The summed E-state index contributed by atoms with van der Waals surface area (Å²) < 4.78 is 67.3. The summed E-state index contributed by atoms with van der Waals surface area (Å²) in [6.07, 6.45) is 1.90. The van der Waals surface area contributed by atoms with Gasteiger partial charge in [0.25, 0.3) is 5.17 Å². The molecule has 204 valence electrons. The van der Waals surface area contributed by atoms with Crippen LogP contribution in [0.15, 0.2) is 60.9 Å². The van der Waals surface area contributed by atoms with Crippen molar-refractivity contribution < 1.29 is 31.8 Å². The van der Waals surface area contributed by atoms with Gasteiger partial charge in [-0.2, -0.15) is 9.97 Å². The number of nitrogens with two attached hydrogens (primary N) is 1. The van der Waals surface area contributed by atoms with Gasteiger partial charge in [0, 0.05) is 0 Å². The molecular weight excluding hydrogens is 540 g/mol. The van der Waals surface area contributed by atoms with Crippen molar-refractivity contribution >= 4 is 29.0 Å². The molecule has 0 unspecified atom stereocenters. The standard InChI is InChI=1S/C14H13F2N3O2S.C11H9F2N3O/c1-2-20-14(22)19-12-11(16)7-17-13(18-12)21-8-9-3-5-10(15)6-4-9;12-8-3-1-7(2-4-8)6-17-11-15-5-9(13)10(14)16-11/h3-7H,2,8H2,1H3,(H,17,18,19,22);1-5H,6H2,(H2,14,15,16). The van der Waals surface area contributed by atoms with Gasteiger partial charge in [0.2, 0.25) is 0 Å². The zero-order valence-corrected chi connectivity index (χ0v) is 21.2.